The highest BCUT2D eigenvalue weighted by molar-refractivity contribution is 6.04. The van der Waals surface area contributed by atoms with Crippen LogP contribution in [0.1, 0.15) is 46.0 Å². The summed E-state index contributed by atoms with van der Waals surface area (Å²) in [4.78, 5) is 25.0. The molecule has 1 saturated heterocycles. The minimum absolute atomic E-state index is 0.0840. The Kier molecular flexibility index (Phi) is 5.54. The predicted octanol–water partition coefficient (Wildman–Crippen LogP) is 1.95. The van der Waals surface area contributed by atoms with Crippen LogP contribution in [0.25, 0.3) is 0 Å². The molecule has 1 aliphatic heterocycles. The number of hydrogen-bond donors (Lipinski definition) is 0. The van der Waals surface area contributed by atoms with Gasteiger partial charge in [-0.15, -0.1) is 0 Å². The monoisotopic (exact) mass is 283 g/mol. The Hall–Kier alpha value is -0.940. The van der Waals surface area contributed by atoms with Crippen LogP contribution in [0, 0.1) is 11.8 Å². The van der Waals surface area contributed by atoms with Gasteiger partial charge in [0.1, 0.15) is 6.79 Å². The minimum atomic E-state index is -0.207. The van der Waals surface area contributed by atoms with E-state index in [4.69, 9.17) is 9.47 Å². The molecule has 0 spiro atoms. The number of imide groups is 1. The molecule has 2 fully saturated rings. The van der Waals surface area contributed by atoms with Crippen molar-refractivity contribution in [3.63, 3.8) is 0 Å². The maximum absolute atomic E-state index is 11.9. The lowest BCUT2D eigenvalue weighted by molar-refractivity contribution is -0.143. The molecule has 0 radical (unpaired) electrons. The second kappa shape index (κ2) is 7.18. The van der Waals surface area contributed by atoms with Crippen LogP contribution in [-0.4, -0.2) is 42.8 Å². The van der Waals surface area contributed by atoms with Crippen LogP contribution in [0.15, 0.2) is 0 Å². The zero-order chi connectivity index (χ0) is 14.5. The van der Waals surface area contributed by atoms with E-state index < -0.39 is 0 Å². The first-order valence-electron chi connectivity index (χ1n) is 7.66. The van der Waals surface area contributed by atoms with E-state index in [1.807, 2.05) is 0 Å². The van der Waals surface area contributed by atoms with Crippen LogP contribution < -0.4 is 0 Å². The van der Waals surface area contributed by atoms with E-state index in [9.17, 15) is 9.59 Å². The van der Waals surface area contributed by atoms with Gasteiger partial charge in [0.05, 0.1) is 19.3 Å². The van der Waals surface area contributed by atoms with Gasteiger partial charge in [0, 0.05) is 11.8 Å². The molecule has 1 saturated carbocycles. The number of nitrogens with zero attached hydrogens (tertiary/aromatic N) is 1. The maximum Gasteiger partial charge on any atom is 0.232 e. The molecular formula is C15H25NO4. The fraction of sp³-hybridized carbons (Fsp3) is 0.867. The van der Waals surface area contributed by atoms with Crippen LogP contribution in [-0.2, 0) is 19.1 Å². The van der Waals surface area contributed by atoms with Crippen molar-refractivity contribution in [3.05, 3.63) is 0 Å². The van der Waals surface area contributed by atoms with Gasteiger partial charge >= 0.3 is 0 Å². The van der Waals surface area contributed by atoms with Gasteiger partial charge in [-0.2, -0.15) is 0 Å². The SMILES string of the molecule is CC1C(=O)N(CCOCOC2CCCCC2)C(=O)C1C. The van der Waals surface area contributed by atoms with Crippen molar-refractivity contribution in [3.8, 4) is 0 Å². The van der Waals surface area contributed by atoms with Crippen LogP contribution in [0.3, 0.4) is 0 Å². The van der Waals surface area contributed by atoms with E-state index in [1.165, 1.54) is 24.2 Å². The fourth-order valence-electron chi connectivity index (χ4n) is 2.84. The first-order chi connectivity index (χ1) is 9.61. The van der Waals surface area contributed by atoms with Crippen LogP contribution in [0.4, 0.5) is 0 Å². The summed E-state index contributed by atoms with van der Waals surface area (Å²) in [5, 5.41) is 0. The summed E-state index contributed by atoms with van der Waals surface area (Å²) >= 11 is 0. The summed E-state index contributed by atoms with van der Waals surface area (Å²) < 4.78 is 11.0. The fourth-order valence-corrected chi connectivity index (χ4v) is 2.84. The Labute approximate surface area is 120 Å². The summed E-state index contributed by atoms with van der Waals surface area (Å²) in [5.41, 5.74) is 0. The Bertz CT molecular complexity index is 332. The zero-order valence-corrected chi connectivity index (χ0v) is 12.5. The van der Waals surface area contributed by atoms with Crippen LogP contribution in [0.5, 0.6) is 0 Å². The average molecular weight is 283 g/mol. The van der Waals surface area contributed by atoms with Gasteiger partial charge in [-0.25, -0.2) is 0 Å². The van der Waals surface area contributed by atoms with Gasteiger partial charge in [-0.1, -0.05) is 33.1 Å². The molecule has 2 atom stereocenters. The lowest BCUT2D eigenvalue weighted by Crippen LogP contribution is -2.34. The molecule has 2 aliphatic rings. The molecule has 0 N–H and O–H groups in total. The maximum atomic E-state index is 11.9. The highest BCUT2D eigenvalue weighted by atomic mass is 16.7. The molecule has 2 unspecified atom stereocenters. The number of hydrogen-bond acceptors (Lipinski definition) is 4. The molecule has 2 rings (SSSR count). The van der Waals surface area contributed by atoms with E-state index in [0.29, 0.717) is 19.3 Å². The van der Waals surface area contributed by atoms with Crippen molar-refractivity contribution >= 4 is 11.8 Å². The predicted molar refractivity (Wildman–Crippen MR) is 73.8 cm³/mol. The average Bonchev–Trinajstić information content (AvgIpc) is 2.65. The zero-order valence-electron chi connectivity index (χ0n) is 12.5. The second-order valence-corrected chi connectivity index (χ2v) is 5.86. The third-order valence-electron chi connectivity index (χ3n) is 4.46. The summed E-state index contributed by atoms with van der Waals surface area (Å²) in [5.74, 6) is -0.583. The molecule has 5 heteroatoms. The first kappa shape index (κ1) is 15.4. The van der Waals surface area contributed by atoms with Crippen molar-refractivity contribution in [2.45, 2.75) is 52.1 Å². The third-order valence-corrected chi connectivity index (χ3v) is 4.46. The highest BCUT2D eigenvalue weighted by Gasteiger charge is 2.41. The summed E-state index contributed by atoms with van der Waals surface area (Å²) in [6.07, 6.45) is 6.31. The van der Waals surface area contributed by atoms with Gasteiger partial charge in [0.2, 0.25) is 11.8 Å². The highest BCUT2D eigenvalue weighted by Crippen LogP contribution is 2.25. The van der Waals surface area contributed by atoms with Gasteiger partial charge in [-0.3, -0.25) is 14.5 Å². The molecule has 20 heavy (non-hydrogen) atoms. The van der Waals surface area contributed by atoms with Crippen molar-refractivity contribution in [1.29, 1.82) is 0 Å². The molecule has 114 valence electrons. The normalized spacial score (nSPS) is 28.4. The Morgan fingerprint density at radius 1 is 1.05 bits per heavy atom. The van der Waals surface area contributed by atoms with Gasteiger partial charge in [0.15, 0.2) is 0 Å². The van der Waals surface area contributed by atoms with Gasteiger partial charge in [-0.05, 0) is 12.8 Å². The number of amides is 2. The molecule has 1 aliphatic carbocycles. The Balaban J connectivity index is 1.61. The number of rotatable bonds is 6. The molecular weight excluding hydrogens is 258 g/mol. The number of ether oxygens (including phenoxy) is 2. The number of carbonyl (C=O) groups is 2. The smallest absolute Gasteiger partial charge is 0.232 e. The van der Waals surface area contributed by atoms with Crippen LogP contribution in [0.2, 0.25) is 0 Å². The molecule has 0 aromatic heterocycles. The second-order valence-electron chi connectivity index (χ2n) is 5.86. The molecule has 0 aromatic carbocycles. The summed E-state index contributed by atoms with van der Waals surface area (Å²) in [6.45, 7) is 4.55. The Morgan fingerprint density at radius 3 is 2.25 bits per heavy atom. The lowest BCUT2D eigenvalue weighted by atomic mass is 9.98. The van der Waals surface area contributed by atoms with Crippen LogP contribution >= 0.6 is 0 Å². The van der Waals surface area contributed by atoms with E-state index in [1.54, 1.807) is 13.8 Å². The topological polar surface area (TPSA) is 55.8 Å². The largest absolute Gasteiger partial charge is 0.354 e. The molecule has 1 heterocycles. The van der Waals surface area contributed by atoms with Gasteiger partial charge < -0.3 is 9.47 Å². The molecule has 2 amide bonds. The lowest BCUT2D eigenvalue weighted by Gasteiger charge is -2.22. The third kappa shape index (κ3) is 3.58. The quantitative estimate of drug-likeness (QED) is 0.425. The molecule has 0 bridgehead atoms. The standard InChI is InChI=1S/C15H25NO4/c1-11-12(2)15(18)16(14(11)17)8-9-19-10-20-13-6-4-3-5-7-13/h11-13H,3-10H2,1-2H3. The number of likely N-dealkylation sites (tertiary alicyclic amines) is 1. The Morgan fingerprint density at radius 2 is 1.65 bits per heavy atom. The van der Waals surface area contributed by atoms with Crippen molar-refractivity contribution in [1.82, 2.24) is 4.90 Å². The van der Waals surface area contributed by atoms with Gasteiger partial charge in [0.25, 0.3) is 0 Å². The summed E-state index contributed by atoms with van der Waals surface area (Å²) in [6, 6.07) is 0. The number of carbonyl (C=O) groups excluding carboxylic acids is 2. The van der Waals surface area contributed by atoms with Crippen molar-refractivity contribution < 1.29 is 19.1 Å². The van der Waals surface area contributed by atoms with Crippen molar-refractivity contribution in [2.24, 2.45) is 11.8 Å². The van der Waals surface area contributed by atoms with E-state index in [-0.39, 0.29) is 30.4 Å². The van der Waals surface area contributed by atoms with E-state index in [0.717, 1.165) is 12.8 Å². The van der Waals surface area contributed by atoms with Crippen molar-refractivity contribution in [2.75, 3.05) is 19.9 Å². The van der Waals surface area contributed by atoms with E-state index >= 15 is 0 Å². The molecule has 5 nitrogen and oxygen atoms in total. The first-order valence-corrected chi connectivity index (χ1v) is 7.66. The minimum Gasteiger partial charge on any atom is -0.354 e. The van der Waals surface area contributed by atoms with E-state index in [2.05, 4.69) is 0 Å². The summed E-state index contributed by atoms with van der Waals surface area (Å²) in [7, 11) is 0. The molecule has 0 aromatic rings.